The number of hydrogen-bond donors (Lipinski definition) is 2. The van der Waals surface area contributed by atoms with Crippen molar-refractivity contribution in [2.75, 3.05) is 28.2 Å². The van der Waals surface area contributed by atoms with E-state index in [1.165, 1.54) is 21.5 Å². The molecule has 2 atom stereocenters. The lowest BCUT2D eigenvalue weighted by atomic mass is 10.6. The molecule has 0 amide bonds. The second-order valence-electron chi connectivity index (χ2n) is 4.45. The largest absolute Gasteiger partial charge is 0.370 e. The minimum atomic E-state index is 1.07. The maximum Gasteiger partial charge on any atom is 0.370 e. The molecule has 0 aromatic rings. The minimum Gasteiger partial charge on any atom is -0.192 e. The highest BCUT2D eigenvalue weighted by Gasteiger charge is 2.37. The van der Waals surface area contributed by atoms with Crippen LogP contribution in [-0.2, 0) is 0 Å². The van der Waals surface area contributed by atoms with Gasteiger partial charge in [0.05, 0.1) is 38.1 Å². The van der Waals surface area contributed by atoms with Gasteiger partial charge in [-0.1, -0.05) is 0 Å². The predicted molar refractivity (Wildman–Crippen MR) is 77.6 cm³/mol. The fourth-order valence-electron chi connectivity index (χ4n) is 1.60. The Kier molecular flexibility index (Phi) is 3.90. The van der Waals surface area contributed by atoms with E-state index in [9.17, 15) is 0 Å². The van der Waals surface area contributed by atoms with Crippen molar-refractivity contribution >= 4 is 43.6 Å². The maximum absolute atomic E-state index is 4.51. The summed E-state index contributed by atoms with van der Waals surface area (Å²) >= 11 is 0. The molecule has 8 heteroatoms. The van der Waals surface area contributed by atoms with E-state index in [1.807, 2.05) is 23.5 Å². The van der Waals surface area contributed by atoms with Crippen LogP contribution in [0.1, 0.15) is 13.8 Å². The van der Waals surface area contributed by atoms with Crippen LogP contribution in [0.2, 0.25) is 0 Å². The summed E-state index contributed by atoms with van der Waals surface area (Å²) in [6.07, 6.45) is 0. The Balaban J connectivity index is 1.97. The zero-order valence-corrected chi connectivity index (χ0v) is 13.2. The lowest BCUT2D eigenvalue weighted by molar-refractivity contribution is -0.694. The van der Waals surface area contributed by atoms with Gasteiger partial charge < -0.3 is 0 Å². The molecule has 18 heavy (non-hydrogen) atoms. The van der Waals surface area contributed by atoms with Crippen molar-refractivity contribution in [1.29, 1.82) is 0 Å². The number of rotatable bonds is 0. The average Bonchev–Trinajstić information content (AvgIpc) is 2.72. The molecule has 0 aromatic carbocycles. The first kappa shape index (κ1) is 13.7. The Morgan fingerprint density at radius 1 is 0.833 bits per heavy atom. The molecule has 0 aromatic heterocycles. The normalized spacial score (nSPS) is 28.1. The molecule has 0 spiro atoms. The summed E-state index contributed by atoms with van der Waals surface area (Å²) in [5, 5.41) is 11.2. The van der Waals surface area contributed by atoms with Gasteiger partial charge in [0, 0.05) is 21.6 Å². The topological polar surface area (TPSA) is 39.6 Å². The Bertz CT molecular complexity index is 458. The van der Waals surface area contributed by atoms with Crippen LogP contribution in [0.3, 0.4) is 0 Å². The number of quaternary nitrogens is 2. The van der Waals surface area contributed by atoms with Crippen LogP contribution in [-0.4, -0.2) is 59.6 Å². The van der Waals surface area contributed by atoms with E-state index in [4.69, 9.17) is 0 Å². The monoisotopic (exact) mass is 288 g/mol. The Morgan fingerprint density at radius 2 is 1.17 bits per heavy atom. The maximum atomic E-state index is 4.51. The second kappa shape index (κ2) is 5.12. The fourth-order valence-corrected chi connectivity index (χ4v) is 4.04. The first-order valence-electron chi connectivity index (χ1n) is 5.76. The van der Waals surface area contributed by atoms with Crippen molar-refractivity contribution in [2.24, 2.45) is 10.2 Å². The van der Waals surface area contributed by atoms with Gasteiger partial charge in [0.2, 0.25) is 0 Å². The molecule has 0 fully saturated rings. The zero-order valence-electron chi connectivity index (χ0n) is 11.6. The summed E-state index contributed by atoms with van der Waals surface area (Å²) in [6, 6.07) is 0. The van der Waals surface area contributed by atoms with Crippen LogP contribution in [0, 0.1) is 0 Å². The summed E-state index contributed by atoms with van der Waals surface area (Å²) in [5.74, 6) is 2.43. The van der Waals surface area contributed by atoms with E-state index in [2.05, 4.69) is 38.1 Å². The molecule has 0 bridgehead atoms. The lowest BCUT2D eigenvalue weighted by Gasteiger charge is -2.03. The van der Waals surface area contributed by atoms with E-state index in [1.54, 1.807) is 21.6 Å². The molecular weight excluding hydrogens is 268 g/mol. The van der Waals surface area contributed by atoms with E-state index in [0.29, 0.717) is 0 Å². The third-order valence-corrected chi connectivity index (χ3v) is 5.75. The van der Waals surface area contributed by atoms with E-state index >= 15 is 0 Å². The van der Waals surface area contributed by atoms with E-state index in [0.717, 1.165) is 10.3 Å². The third-order valence-electron chi connectivity index (χ3n) is 3.38. The molecule has 0 saturated carbocycles. The van der Waals surface area contributed by atoms with Gasteiger partial charge >= 0.3 is 22.0 Å². The number of hydrogen-bond acceptors (Lipinski definition) is 4. The predicted octanol–water partition coefficient (Wildman–Crippen LogP) is -1.91. The summed E-state index contributed by atoms with van der Waals surface area (Å²) in [7, 11) is 11.5. The van der Waals surface area contributed by atoms with Crippen molar-refractivity contribution in [3.05, 3.63) is 0 Å². The lowest BCUT2D eigenvalue weighted by Crippen LogP contribution is -3.13. The van der Waals surface area contributed by atoms with Crippen LogP contribution in [0.15, 0.2) is 10.2 Å². The summed E-state index contributed by atoms with van der Waals surface area (Å²) < 4.78 is 3.85. The first-order valence-corrected chi connectivity index (χ1v) is 7.91. The van der Waals surface area contributed by atoms with Gasteiger partial charge in [-0.25, -0.2) is 0 Å². The Hall–Kier alpha value is -0.700. The van der Waals surface area contributed by atoms with Gasteiger partial charge in [0.1, 0.15) is 0 Å². The molecule has 0 radical (unpaired) electrons. The highest BCUT2D eigenvalue weighted by molar-refractivity contribution is 8.87. The number of nitrogens with zero attached hydrogens (tertiary/aromatic N) is 4. The third kappa shape index (κ3) is 2.37. The molecule has 6 nitrogen and oxygen atoms in total. The van der Waals surface area contributed by atoms with Crippen molar-refractivity contribution in [3.63, 3.8) is 0 Å². The van der Waals surface area contributed by atoms with Gasteiger partial charge in [0.25, 0.3) is 0 Å². The van der Waals surface area contributed by atoms with Crippen molar-refractivity contribution in [3.8, 4) is 0 Å². The van der Waals surface area contributed by atoms with Crippen molar-refractivity contribution < 1.29 is 19.2 Å². The van der Waals surface area contributed by atoms with Crippen LogP contribution in [0.5, 0.6) is 0 Å². The molecular formula is C10H20N6S2+4. The van der Waals surface area contributed by atoms with E-state index in [-0.39, 0.29) is 0 Å². The standard InChI is InChI=1S/C10H18N6S2/c1-7-13(3)9(11-15(7)5)17-18-10-12-16(6)8(2)14(10)4/h1-6H3/q+2/p+2. The van der Waals surface area contributed by atoms with Crippen LogP contribution < -0.4 is 9.80 Å². The molecule has 2 rings (SSSR count). The fraction of sp³-hybridized carbons (Fsp3) is 0.600. The number of hydrazone groups is 2. The molecule has 2 aliphatic rings. The number of nitrogens with one attached hydrogen (secondary N) is 2. The molecule has 2 aliphatic heterocycles. The highest BCUT2D eigenvalue weighted by atomic mass is 33.1. The summed E-state index contributed by atoms with van der Waals surface area (Å²) in [4.78, 5) is 2.50. The zero-order chi connectivity index (χ0) is 13.4. The smallest absolute Gasteiger partial charge is 0.192 e. The Morgan fingerprint density at radius 3 is 1.39 bits per heavy atom. The Labute approximate surface area is 115 Å². The molecule has 2 N–H and O–H groups in total. The van der Waals surface area contributed by atoms with Gasteiger partial charge in [-0.05, 0) is 9.37 Å². The van der Waals surface area contributed by atoms with E-state index < -0.39 is 0 Å². The second-order valence-corrected chi connectivity index (χ2v) is 6.55. The molecule has 0 aliphatic carbocycles. The summed E-state index contributed by atoms with van der Waals surface area (Å²) in [6.45, 7) is 4.18. The van der Waals surface area contributed by atoms with Crippen molar-refractivity contribution in [2.45, 2.75) is 13.8 Å². The molecule has 0 saturated heterocycles. The quantitative estimate of drug-likeness (QED) is 0.403. The molecule has 2 heterocycles. The van der Waals surface area contributed by atoms with Gasteiger partial charge in [0.15, 0.2) is 14.1 Å². The minimum absolute atomic E-state index is 1.07. The highest BCUT2D eigenvalue weighted by Crippen LogP contribution is 2.22. The SMILES string of the molecule is CC1=[N+](C)N=C(SSC2=N[N+](C)=C(C)[NH+]2C)[NH+]1C. The average molecular weight is 288 g/mol. The summed E-state index contributed by atoms with van der Waals surface area (Å²) in [5.41, 5.74) is 0. The van der Waals surface area contributed by atoms with Gasteiger partial charge in [-0.2, -0.15) is 9.80 Å². The number of amidine groups is 4. The van der Waals surface area contributed by atoms with Crippen molar-refractivity contribution in [1.82, 2.24) is 0 Å². The van der Waals surface area contributed by atoms with Crippen LogP contribution >= 0.6 is 21.6 Å². The van der Waals surface area contributed by atoms with Crippen LogP contribution in [0.4, 0.5) is 0 Å². The van der Waals surface area contributed by atoms with Crippen LogP contribution in [0.25, 0.3) is 0 Å². The first-order chi connectivity index (χ1) is 8.41. The molecule has 2 unspecified atom stereocenters. The van der Waals surface area contributed by atoms with Gasteiger partial charge in [-0.3, -0.25) is 0 Å². The van der Waals surface area contributed by atoms with Gasteiger partial charge in [-0.15, -0.1) is 0 Å². The molecule has 98 valence electrons.